The molecule has 2 aromatic carbocycles. The number of anilines is 1. The van der Waals surface area contributed by atoms with Gasteiger partial charge in [0.05, 0.1) is 23.5 Å². The number of amides is 1. The molecule has 0 bridgehead atoms. The number of nitrogens with zero attached hydrogens (tertiary/aromatic N) is 1. The Morgan fingerprint density at radius 3 is 2.36 bits per heavy atom. The van der Waals surface area contributed by atoms with E-state index in [1.165, 1.54) is 19.1 Å². The van der Waals surface area contributed by atoms with Crippen LogP contribution in [0.25, 0.3) is 0 Å². The zero-order valence-corrected chi connectivity index (χ0v) is 16.4. The highest BCUT2D eigenvalue weighted by atomic mass is 32.2. The lowest BCUT2D eigenvalue weighted by atomic mass is 10.0. The fourth-order valence-electron chi connectivity index (χ4n) is 2.71. The maximum atomic E-state index is 12.9. The van der Waals surface area contributed by atoms with Crippen molar-refractivity contribution in [1.29, 1.82) is 0 Å². The van der Waals surface area contributed by atoms with Crippen molar-refractivity contribution >= 4 is 21.6 Å². The van der Waals surface area contributed by atoms with Gasteiger partial charge in [0, 0.05) is 0 Å². The quantitative estimate of drug-likeness (QED) is 0.785. The van der Waals surface area contributed by atoms with Crippen LogP contribution in [-0.4, -0.2) is 27.1 Å². The van der Waals surface area contributed by atoms with Gasteiger partial charge in [-0.15, -0.1) is 0 Å². The number of hydrogen-bond acceptors (Lipinski definition) is 3. The Kier molecular flexibility index (Phi) is 6.38. The number of para-hydroxylation sites is 1. The van der Waals surface area contributed by atoms with Gasteiger partial charge in [-0.1, -0.05) is 30.3 Å². The van der Waals surface area contributed by atoms with Gasteiger partial charge >= 0.3 is 6.18 Å². The summed E-state index contributed by atoms with van der Waals surface area (Å²) in [5, 5.41) is 2.55. The lowest BCUT2D eigenvalue weighted by molar-refractivity contribution is -0.137. The third kappa shape index (κ3) is 5.48. The molecule has 0 spiro atoms. The first-order valence-electron chi connectivity index (χ1n) is 8.39. The molecule has 2 rings (SSSR count). The number of rotatable bonds is 6. The van der Waals surface area contributed by atoms with E-state index in [4.69, 9.17) is 0 Å². The molecule has 0 saturated heterocycles. The molecule has 0 unspecified atom stereocenters. The molecule has 0 aliphatic heterocycles. The van der Waals surface area contributed by atoms with E-state index in [9.17, 15) is 26.4 Å². The molecule has 1 N–H and O–H groups in total. The average molecular weight is 414 g/mol. The van der Waals surface area contributed by atoms with Crippen molar-refractivity contribution in [1.82, 2.24) is 5.32 Å². The van der Waals surface area contributed by atoms with Crippen LogP contribution in [0.1, 0.15) is 29.7 Å². The number of carbonyl (C=O) groups excluding carboxylic acids is 1. The second-order valence-corrected chi connectivity index (χ2v) is 8.38. The first kappa shape index (κ1) is 21.7. The van der Waals surface area contributed by atoms with Crippen molar-refractivity contribution in [2.24, 2.45) is 0 Å². The molecule has 2 aromatic rings. The Morgan fingerprint density at radius 2 is 1.79 bits per heavy atom. The zero-order chi connectivity index (χ0) is 21.1. The van der Waals surface area contributed by atoms with Crippen molar-refractivity contribution in [2.75, 3.05) is 17.1 Å². The van der Waals surface area contributed by atoms with Crippen LogP contribution >= 0.6 is 0 Å². The summed E-state index contributed by atoms with van der Waals surface area (Å²) in [4.78, 5) is 12.4. The van der Waals surface area contributed by atoms with Crippen LogP contribution < -0.4 is 9.62 Å². The number of carbonyl (C=O) groups is 1. The van der Waals surface area contributed by atoms with Crippen molar-refractivity contribution in [3.8, 4) is 0 Å². The lowest BCUT2D eigenvalue weighted by Gasteiger charge is -2.24. The van der Waals surface area contributed by atoms with E-state index >= 15 is 0 Å². The molecule has 0 aliphatic carbocycles. The summed E-state index contributed by atoms with van der Waals surface area (Å²) in [5.41, 5.74) is 0.493. The smallest absolute Gasteiger partial charge is 0.348 e. The minimum absolute atomic E-state index is 0.268. The van der Waals surface area contributed by atoms with E-state index in [1.807, 2.05) is 0 Å². The van der Waals surface area contributed by atoms with E-state index < -0.39 is 40.3 Å². The molecule has 1 amide bonds. The van der Waals surface area contributed by atoms with E-state index in [2.05, 4.69) is 5.32 Å². The monoisotopic (exact) mass is 414 g/mol. The van der Waals surface area contributed by atoms with Crippen LogP contribution in [0.15, 0.2) is 48.5 Å². The van der Waals surface area contributed by atoms with Crippen molar-refractivity contribution < 1.29 is 26.4 Å². The summed E-state index contributed by atoms with van der Waals surface area (Å²) in [6.45, 7) is 2.77. The number of halogens is 3. The van der Waals surface area contributed by atoms with Gasteiger partial charge in [0.25, 0.3) is 0 Å². The third-order valence-electron chi connectivity index (χ3n) is 4.16. The maximum absolute atomic E-state index is 12.9. The van der Waals surface area contributed by atoms with Gasteiger partial charge in [-0.3, -0.25) is 9.10 Å². The van der Waals surface area contributed by atoms with Crippen LogP contribution in [0, 0.1) is 6.92 Å². The Balaban J connectivity index is 2.18. The van der Waals surface area contributed by atoms with Gasteiger partial charge in [-0.2, -0.15) is 13.2 Å². The first-order chi connectivity index (χ1) is 12.9. The predicted octanol–water partition coefficient (Wildman–Crippen LogP) is 3.66. The number of hydrogen-bond donors (Lipinski definition) is 1. The van der Waals surface area contributed by atoms with Gasteiger partial charge in [-0.05, 0) is 43.2 Å². The molecule has 1 atom stereocenters. The van der Waals surface area contributed by atoms with Gasteiger partial charge in [-0.25, -0.2) is 8.42 Å². The highest BCUT2D eigenvalue weighted by Crippen LogP contribution is 2.30. The molecular weight excluding hydrogens is 393 g/mol. The standard InChI is InChI=1S/C19H21F3N2O3S/c1-13-7-4-5-10-17(13)24(28(3,26)27)12-18(25)23-14(2)15-8-6-9-16(11-15)19(20,21)22/h4-11,14H,12H2,1-3H3,(H,23,25)/t14-/m0/s1. The Hall–Kier alpha value is -2.55. The fraction of sp³-hybridized carbons (Fsp3) is 0.316. The fourth-order valence-corrected chi connectivity index (χ4v) is 3.62. The highest BCUT2D eigenvalue weighted by Gasteiger charge is 2.31. The van der Waals surface area contributed by atoms with Crippen molar-refractivity contribution in [3.05, 3.63) is 65.2 Å². The molecule has 5 nitrogen and oxygen atoms in total. The molecule has 0 aromatic heterocycles. The molecule has 0 aliphatic rings. The SMILES string of the molecule is Cc1ccccc1N(CC(=O)N[C@@H](C)c1cccc(C(F)(F)F)c1)S(C)(=O)=O. The molecule has 28 heavy (non-hydrogen) atoms. The number of benzene rings is 2. The summed E-state index contributed by atoms with van der Waals surface area (Å²) in [7, 11) is -3.74. The van der Waals surface area contributed by atoms with Crippen LogP contribution in [0.3, 0.4) is 0 Å². The molecule has 0 heterocycles. The first-order valence-corrected chi connectivity index (χ1v) is 10.2. The minimum atomic E-state index is -4.49. The number of aryl methyl sites for hydroxylation is 1. The normalized spacial score (nSPS) is 13.1. The van der Waals surface area contributed by atoms with E-state index in [0.717, 1.165) is 22.7 Å². The van der Waals surface area contributed by atoms with Gasteiger partial charge in [0.1, 0.15) is 6.54 Å². The van der Waals surface area contributed by atoms with E-state index in [0.29, 0.717) is 11.3 Å². The van der Waals surface area contributed by atoms with E-state index in [-0.39, 0.29) is 5.56 Å². The number of nitrogens with one attached hydrogen (secondary N) is 1. The second-order valence-electron chi connectivity index (χ2n) is 6.47. The number of alkyl halides is 3. The second kappa shape index (κ2) is 8.22. The zero-order valence-electron chi connectivity index (χ0n) is 15.6. The Bertz CT molecular complexity index is 959. The van der Waals surface area contributed by atoms with Crippen molar-refractivity contribution in [2.45, 2.75) is 26.1 Å². The summed E-state index contributed by atoms with van der Waals surface area (Å²) in [5.74, 6) is -0.626. The molecule has 152 valence electrons. The Morgan fingerprint density at radius 1 is 1.14 bits per heavy atom. The Labute approximate surface area is 162 Å². The topological polar surface area (TPSA) is 66.5 Å². The highest BCUT2D eigenvalue weighted by molar-refractivity contribution is 7.92. The van der Waals surface area contributed by atoms with Crippen LogP contribution in [0.2, 0.25) is 0 Å². The van der Waals surface area contributed by atoms with Gasteiger partial charge in [0.2, 0.25) is 15.9 Å². The van der Waals surface area contributed by atoms with E-state index in [1.54, 1.807) is 31.2 Å². The average Bonchev–Trinajstić information content (AvgIpc) is 2.59. The molecule has 0 saturated carbocycles. The van der Waals surface area contributed by atoms with Crippen molar-refractivity contribution in [3.63, 3.8) is 0 Å². The summed E-state index contributed by atoms with van der Waals surface area (Å²) >= 11 is 0. The van der Waals surface area contributed by atoms with Crippen LogP contribution in [0.5, 0.6) is 0 Å². The maximum Gasteiger partial charge on any atom is 0.416 e. The third-order valence-corrected chi connectivity index (χ3v) is 5.29. The number of sulfonamides is 1. The summed E-state index contributed by atoms with van der Waals surface area (Å²) in [6.07, 6.45) is -3.50. The molecule has 0 fully saturated rings. The van der Waals surface area contributed by atoms with Crippen LogP contribution in [-0.2, 0) is 21.0 Å². The van der Waals surface area contributed by atoms with Gasteiger partial charge in [0.15, 0.2) is 0 Å². The minimum Gasteiger partial charge on any atom is -0.348 e. The molecular formula is C19H21F3N2O3S. The predicted molar refractivity (Wildman–Crippen MR) is 101 cm³/mol. The summed E-state index contributed by atoms with van der Waals surface area (Å²) < 4.78 is 63.9. The largest absolute Gasteiger partial charge is 0.416 e. The van der Waals surface area contributed by atoms with Crippen LogP contribution in [0.4, 0.5) is 18.9 Å². The molecule has 0 radical (unpaired) electrons. The lowest BCUT2D eigenvalue weighted by Crippen LogP contribution is -2.41. The molecule has 9 heteroatoms. The summed E-state index contributed by atoms with van der Waals surface area (Å²) in [6, 6.07) is 10.6. The van der Waals surface area contributed by atoms with Gasteiger partial charge < -0.3 is 5.32 Å².